The molecular formula is C15H23N. The van der Waals surface area contributed by atoms with Crippen molar-refractivity contribution in [3.8, 4) is 0 Å². The van der Waals surface area contributed by atoms with Crippen LogP contribution in [0.3, 0.4) is 0 Å². The molecule has 1 aliphatic rings. The molecule has 0 amide bonds. The SMILES string of the molecule is CCC(C(C)C)[C@@H]1Cc2ccccc2CN1. The van der Waals surface area contributed by atoms with E-state index in [1.165, 1.54) is 18.4 Å². The van der Waals surface area contributed by atoms with Crippen LogP contribution in [-0.4, -0.2) is 6.04 Å². The number of nitrogens with one attached hydrogen (secondary N) is 1. The molecule has 1 aromatic carbocycles. The van der Waals surface area contributed by atoms with Crippen LogP contribution in [0.25, 0.3) is 0 Å². The van der Waals surface area contributed by atoms with Crippen molar-refractivity contribution in [1.29, 1.82) is 0 Å². The molecule has 0 aromatic heterocycles. The zero-order valence-electron chi connectivity index (χ0n) is 10.7. The Hall–Kier alpha value is -0.820. The second-order valence-corrected chi connectivity index (χ2v) is 5.28. The van der Waals surface area contributed by atoms with Crippen molar-refractivity contribution < 1.29 is 0 Å². The Morgan fingerprint density at radius 1 is 1.25 bits per heavy atom. The van der Waals surface area contributed by atoms with Crippen LogP contribution in [0.2, 0.25) is 0 Å². The van der Waals surface area contributed by atoms with Crippen molar-refractivity contribution >= 4 is 0 Å². The van der Waals surface area contributed by atoms with Gasteiger partial charge in [-0.25, -0.2) is 0 Å². The molecule has 2 atom stereocenters. The van der Waals surface area contributed by atoms with Gasteiger partial charge in [0.2, 0.25) is 0 Å². The van der Waals surface area contributed by atoms with Crippen LogP contribution in [0.4, 0.5) is 0 Å². The first kappa shape index (κ1) is 11.7. The topological polar surface area (TPSA) is 12.0 Å². The summed E-state index contributed by atoms with van der Waals surface area (Å²) in [4.78, 5) is 0. The maximum absolute atomic E-state index is 3.71. The fraction of sp³-hybridized carbons (Fsp3) is 0.600. The zero-order chi connectivity index (χ0) is 11.5. The molecule has 0 saturated heterocycles. The van der Waals surface area contributed by atoms with Crippen molar-refractivity contribution in [2.24, 2.45) is 11.8 Å². The van der Waals surface area contributed by atoms with E-state index in [4.69, 9.17) is 0 Å². The number of hydrogen-bond donors (Lipinski definition) is 1. The molecular weight excluding hydrogens is 194 g/mol. The highest BCUT2D eigenvalue weighted by Gasteiger charge is 2.26. The number of hydrogen-bond acceptors (Lipinski definition) is 1. The summed E-state index contributed by atoms with van der Waals surface area (Å²) in [7, 11) is 0. The highest BCUT2D eigenvalue weighted by Crippen LogP contribution is 2.26. The summed E-state index contributed by atoms with van der Waals surface area (Å²) in [6, 6.07) is 9.50. The summed E-state index contributed by atoms with van der Waals surface area (Å²) >= 11 is 0. The highest BCUT2D eigenvalue weighted by atomic mass is 14.9. The van der Waals surface area contributed by atoms with Crippen molar-refractivity contribution in [1.82, 2.24) is 5.32 Å². The van der Waals surface area contributed by atoms with Crippen molar-refractivity contribution in [2.75, 3.05) is 0 Å². The smallest absolute Gasteiger partial charge is 0.0211 e. The molecule has 0 fully saturated rings. The lowest BCUT2D eigenvalue weighted by molar-refractivity contribution is 0.256. The third kappa shape index (κ3) is 2.30. The summed E-state index contributed by atoms with van der Waals surface area (Å²) in [5, 5.41) is 3.71. The average molecular weight is 217 g/mol. The van der Waals surface area contributed by atoms with E-state index in [1.807, 2.05) is 0 Å². The van der Waals surface area contributed by atoms with E-state index in [-0.39, 0.29) is 0 Å². The Morgan fingerprint density at radius 3 is 2.56 bits per heavy atom. The standard InChI is InChI=1S/C15H23N/c1-4-14(11(2)3)15-9-12-7-5-6-8-13(12)10-16-15/h5-8,11,14-16H,4,9-10H2,1-3H3/t14?,15-/m0/s1. The molecule has 1 heteroatoms. The summed E-state index contributed by atoms with van der Waals surface area (Å²) in [5.41, 5.74) is 3.03. The van der Waals surface area contributed by atoms with Gasteiger partial charge in [0, 0.05) is 12.6 Å². The molecule has 1 N–H and O–H groups in total. The van der Waals surface area contributed by atoms with E-state index in [0.29, 0.717) is 6.04 Å². The lowest BCUT2D eigenvalue weighted by atomic mass is 9.81. The van der Waals surface area contributed by atoms with Gasteiger partial charge >= 0.3 is 0 Å². The molecule has 2 rings (SSSR count). The predicted molar refractivity (Wildman–Crippen MR) is 69.4 cm³/mol. The molecule has 0 bridgehead atoms. The quantitative estimate of drug-likeness (QED) is 0.818. The Balaban J connectivity index is 2.12. The molecule has 0 saturated carbocycles. The maximum atomic E-state index is 3.71. The highest BCUT2D eigenvalue weighted by molar-refractivity contribution is 5.30. The minimum absolute atomic E-state index is 0.667. The second-order valence-electron chi connectivity index (χ2n) is 5.28. The number of benzene rings is 1. The third-order valence-electron chi connectivity index (χ3n) is 3.96. The normalized spacial score (nSPS) is 21.9. The Kier molecular flexibility index (Phi) is 3.65. The van der Waals surface area contributed by atoms with E-state index < -0.39 is 0 Å². The lowest BCUT2D eigenvalue weighted by Crippen LogP contribution is -2.42. The summed E-state index contributed by atoms with van der Waals surface area (Å²) < 4.78 is 0. The van der Waals surface area contributed by atoms with Crippen molar-refractivity contribution in [3.63, 3.8) is 0 Å². The van der Waals surface area contributed by atoms with Gasteiger partial charge in [-0.2, -0.15) is 0 Å². The molecule has 1 unspecified atom stereocenters. The summed E-state index contributed by atoms with van der Waals surface area (Å²) in [6.45, 7) is 8.05. The Morgan fingerprint density at radius 2 is 1.94 bits per heavy atom. The maximum Gasteiger partial charge on any atom is 0.0211 e. The monoisotopic (exact) mass is 217 g/mol. The predicted octanol–water partition coefficient (Wildman–Crippen LogP) is 3.38. The largest absolute Gasteiger partial charge is 0.309 e. The molecule has 1 aromatic rings. The molecule has 16 heavy (non-hydrogen) atoms. The van der Waals surface area contributed by atoms with Crippen LogP contribution in [-0.2, 0) is 13.0 Å². The van der Waals surface area contributed by atoms with Gasteiger partial charge in [-0.05, 0) is 29.4 Å². The molecule has 1 heterocycles. The minimum Gasteiger partial charge on any atom is -0.309 e. The van der Waals surface area contributed by atoms with E-state index in [9.17, 15) is 0 Å². The van der Waals surface area contributed by atoms with Crippen molar-refractivity contribution in [2.45, 2.75) is 46.2 Å². The first-order valence-corrected chi connectivity index (χ1v) is 6.52. The first-order chi connectivity index (χ1) is 7.72. The fourth-order valence-electron chi connectivity index (χ4n) is 3.00. The van der Waals surface area contributed by atoms with Gasteiger partial charge in [0.25, 0.3) is 0 Å². The summed E-state index contributed by atoms with van der Waals surface area (Å²) in [6.07, 6.45) is 2.48. The average Bonchev–Trinajstić information content (AvgIpc) is 2.29. The molecule has 1 aliphatic heterocycles. The van der Waals surface area contributed by atoms with E-state index >= 15 is 0 Å². The van der Waals surface area contributed by atoms with Gasteiger partial charge in [0.05, 0.1) is 0 Å². The van der Waals surface area contributed by atoms with Gasteiger partial charge in [-0.3, -0.25) is 0 Å². The van der Waals surface area contributed by atoms with Crippen LogP contribution in [0, 0.1) is 11.8 Å². The lowest BCUT2D eigenvalue weighted by Gasteiger charge is -2.34. The van der Waals surface area contributed by atoms with Gasteiger partial charge in [0.1, 0.15) is 0 Å². The third-order valence-corrected chi connectivity index (χ3v) is 3.96. The second kappa shape index (κ2) is 5.01. The molecule has 88 valence electrons. The van der Waals surface area contributed by atoms with Crippen molar-refractivity contribution in [3.05, 3.63) is 35.4 Å². The van der Waals surface area contributed by atoms with E-state index in [2.05, 4.69) is 50.4 Å². The first-order valence-electron chi connectivity index (χ1n) is 6.52. The molecule has 0 radical (unpaired) electrons. The fourth-order valence-corrected chi connectivity index (χ4v) is 3.00. The minimum atomic E-state index is 0.667. The van der Waals surface area contributed by atoms with E-state index in [0.717, 1.165) is 18.4 Å². The molecule has 0 aliphatic carbocycles. The van der Waals surface area contributed by atoms with Crippen LogP contribution in [0.15, 0.2) is 24.3 Å². The van der Waals surface area contributed by atoms with E-state index in [1.54, 1.807) is 5.56 Å². The van der Waals surface area contributed by atoms with Crippen LogP contribution in [0.1, 0.15) is 38.3 Å². The molecule has 1 nitrogen and oxygen atoms in total. The van der Waals surface area contributed by atoms with Gasteiger partial charge in [0.15, 0.2) is 0 Å². The number of rotatable bonds is 3. The molecule has 0 spiro atoms. The Labute approximate surface area is 99.3 Å². The number of fused-ring (bicyclic) bond motifs is 1. The zero-order valence-corrected chi connectivity index (χ0v) is 10.7. The van der Waals surface area contributed by atoms with Crippen LogP contribution < -0.4 is 5.32 Å². The summed E-state index contributed by atoms with van der Waals surface area (Å²) in [5.74, 6) is 1.57. The van der Waals surface area contributed by atoms with Crippen LogP contribution >= 0.6 is 0 Å². The van der Waals surface area contributed by atoms with Gasteiger partial charge in [-0.15, -0.1) is 0 Å². The van der Waals surface area contributed by atoms with Crippen LogP contribution in [0.5, 0.6) is 0 Å². The van der Waals surface area contributed by atoms with Gasteiger partial charge in [-0.1, -0.05) is 51.5 Å². The van der Waals surface area contributed by atoms with Gasteiger partial charge < -0.3 is 5.32 Å². The Bertz CT molecular complexity index is 343.